The van der Waals surface area contributed by atoms with E-state index in [9.17, 15) is 4.79 Å². The van der Waals surface area contributed by atoms with Gasteiger partial charge >= 0.3 is 0 Å². The van der Waals surface area contributed by atoms with E-state index in [1.165, 1.54) is 6.07 Å². The average Bonchev–Trinajstić information content (AvgIpc) is 2.15. The first-order chi connectivity index (χ1) is 7.63. The van der Waals surface area contributed by atoms with E-state index in [0.717, 1.165) is 19.4 Å². The summed E-state index contributed by atoms with van der Waals surface area (Å²) in [5.74, 6) is 1.29. The first-order valence-corrected chi connectivity index (χ1v) is 5.59. The van der Waals surface area contributed by atoms with E-state index in [4.69, 9.17) is 4.74 Å². The van der Waals surface area contributed by atoms with Gasteiger partial charge in [0, 0.05) is 18.7 Å². The van der Waals surface area contributed by atoms with Crippen LogP contribution in [0.1, 0.15) is 25.6 Å². The maximum Gasteiger partial charge on any atom is 0.252 e. The molecule has 1 aromatic rings. The second kappa shape index (κ2) is 4.65. The van der Waals surface area contributed by atoms with Gasteiger partial charge in [0.05, 0.1) is 6.10 Å². The number of H-pyrrole nitrogens is 1. The highest BCUT2D eigenvalue weighted by Crippen LogP contribution is 2.16. The Balaban J connectivity index is 2.05. The molecule has 1 fully saturated rings. The van der Waals surface area contributed by atoms with Crippen molar-refractivity contribution in [3.63, 3.8) is 0 Å². The minimum absolute atomic E-state index is 0.116. The van der Waals surface area contributed by atoms with Gasteiger partial charge in [-0.2, -0.15) is 0 Å². The Labute approximate surface area is 94.2 Å². The van der Waals surface area contributed by atoms with Crippen LogP contribution in [-0.2, 0) is 4.74 Å². The molecule has 2 N–H and O–H groups in total. The van der Waals surface area contributed by atoms with Gasteiger partial charge in [-0.15, -0.1) is 0 Å². The number of hydrogen-bond donors (Lipinski definition) is 2. The summed E-state index contributed by atoms with van der Waals surface area (Å²) in [4.78, 5) is 18.1. The monoisotopic (exact) mass is 223 g/mol. The highest BCUT2D eigenvalue weighted by atomic mass is 16.5. The number of aryl methyl sites for hydroxylation is 1. The lowest BCUT2D eigenvalue weighted by Crippen LogP contribution is -2.33. The van der Waals surface area contributed by atoms with E-state index in [2.05, 4.69) is 22.2 Å². The fraction of sp³-hybridized carbons (Fsp3) is 0.636. The predicted molar refractivity (Wildman–Crippen MR) is 61.7 cm³/mol. The Morgan fingerprint density at radius 1 is 1.62 bits per heavy atom. The van der Waals surface area contributed by atoms with Crippen molar-refractivity contribution in [2.75, 3.05) is 11.9 Å². The molecule has 1 aliphatic rings. The molecule has 1 saturated heterocycles. The number of nitrogens with one attached hydrogen (secondary N) is 2. The highest BCUT2D eigenvalue weighted by molar-refractivity contribution is 5.34. The van der Waals surface area contributed by atoms with Crippen LogP contribution in [0.2, 0.25) is 0 Å². The fourth-order valence-corrected chi connectivity index (χ4v) is 1.99. The van der Waals surface area contributed by atoms with E-state index in [1.54, 1.807) is 6.92 Å². The van der Waals surface area contributed by atoms with Crippen LogP contribution in [0.5, 0.6) is 0 Å². The van der Waals surface area contributed by atoms with Crippen molar-refractivity contribution in [2.24, 2.45) is 0 Å². The molecule has 0 aromatic carbocycles. The highest BCUT2D eigenvalue weighted by Gasteiger charge is 2.19. The molecule has 0 radical (unpaired) electrons. The van der Waals surface area contributed by atoms with Crippen LogP contribution >= 0.6 is 0 Å². The summed E-state index contributed by atoms with van der Waals surface area (Å²) in [6.07, 6.45) is 2.18. The van der Waals surface area contributed by atoms with E-state index < -0.39 is 0 Å². The van der Waals surface area contributed by atoms with Gasteiger partial charge in [0.2, 0.25) is 0 Å². The van der Waals surface area contributed by atoms with Gasteiger partial charge in [-0.3, -0.25) is 4.79 Å². The number of aromatic nitrogens is 2. The maximum absolute atomic E-state index is 11.3. The molecule has 88 valence electrons. The molecule has 2 rings (SSSR count). The van der Waals surface area contributed by atoms with Crippen molar-refractivity contribution >= 4 is 5.82 Å². The van der Waals surface area contributed by atoms with Gasteiger partial charge in [0.1, 0.15) is 11.6 Å². The summed E-state index contributed by atoms with van der Waals surface area (Å²) in [6.45, 7) is 4.60. The van der Waals surface area contributed by atoms with Gasteiger partial charge in [-0.05, 0) is 26.7 Å². The lowest BCUT2D eigenvalue weighted by Gasteiger charge is -2.28. The van der Waals surface area contributed by atoms with E-state index >= 15 is 0 Å². The maximum atomic E-state index is 11.3. The lowest BCUT2D eigenvalue weighted by atomic mass is 10.0. The SMILES string of the molecule is Cc1nc(NC2CCOC(C)C2)cc(=O)[nH]1. The van der Waals surface area contributed by atoms with Crippen LogP contribution in [0, 0.1) is 6.92 Å². The van der Waals surface area contributed by atoms with Crippen molar-refractivity contribution < 1.29 is 4.74 Å². The normalized spacial score (nSPS) is 25.4. The van der Waals surface area contributed by atoms with Crippen LogP contribution in [0.3, 0.4) is 0 Å². The van der Waals surface area contributed by atoms with Crippen LogP contribution in [0.4, 0.5) is 5.82 Å². The van der Waals surface area contributed by atoms with Gasteiger partial charge in [0.25, 0.3) is 5.56 Å². The predicted octanol–water partition coefficient (Wildman–Crippen LogP) is 1.06. The third kappa shape index (κ3) is 2.82. The second-order valence-electron chi connectivity index (χ2n) is 4.26. The zero-order chi connectivity index (χ0) is 11.5. The summed E-state index contributed by atoms with van der Waals surface area (Å²) in [5.41, 5.74) is -0.116. The summed E-state index contributed by atoms with van der Waals surface area (Å²) >= 11 is 0. The summed E-state index contributed by atoms with van der Waals surface area (Å²) in [5, 5.41) is 3.28. The third-order valence-corrected chi connectivity index (χ3v) is 2.70. The molecule has 0 saturated carbocycles. The molecule has 1 aromatic heterocycles. The summed E-state index contributed by atoms with van der Waals surface area (Å²) < 4.78 is 5.46. The van der Waals surface area contributed by atoms with Crippen LogP contribution in [0.25, 0.3) is 0 Å². The minimum Gasteiger partial charge on any atom is -0.378 e. The molecule has 0 spiro atoms. The van der Waals surface area contributed by atoms with Crippen molar-refractivity contribution in [3.8, 4) is 0 Å². The molecule has 0 bridgehead atoms. The largest absolute Gasteiger partial charge is 0.378 e. The fourth-order valence-electron chi connectivity index (χ4n) is 1.99. The van der Waals surface area contributed by atoms with Gasteiger partial charge in [0.15, 0.2) is 0 Å². The molecule has 2 unspecified atom stereocenters. The van der Waals surface area contributed by atoms with Crippen molar-refractivity contribution in [2.45, 2.75) is 38.8 Å². The lowest BCUT2D eigenvalue weighted by molar-refractivity contribution is 0.0232. The average molecular weight is 223 g/mol. The number of hydrogen-bond acceptors (Lipinski definition) is 4. The van der Waals surface area contributed by atoms with Gasteiger partial charge in [-0.25, -0.2) is 4.98 Å². The second-order valence-corrected chi connectivity index (χ2v) is 4.26. The van der Waals surface area contributed by atoms with E-state index in [1.807, 2.05) is 0 Å². The first kappa shape index (κ1) is 11.1. The van der Waals surface area contributed by atoms with Crippen LogP contribution in [0.15, 0.2) is 10.9 Å². The number of anilines is 1. The molecule has 2 atom stereocenters. The number of aromatic amines is 1. The molecule has 5 heteroatoms. The number of ether oxygens (including phenoxy) is 1. The Bertz CT molecular complexity index is 416. The molecule has 5 nitrogen and oxygen atoms in total. The quantitative estimate of drug-likeness (QED) is 0.786. The molecular weight excluding hydrogens is 206 g/mol. The zero-order valence-electron chi connectivity index (χ0n) is 9.62. The summed E-state index contributed by atoms with van der Waals surface area (Å²) in [6, 6.07) is 1.84. The zero-order valence-corrected chi connectivity index (χ0v) is 9.62. The van der Waals surface area contributed by atoms with Crippen LogP contribution < -0.4 is 10.9 Å². The number of rotatable bonds is 2. The first-order valence-electron chi connectivity index (χ1n) is 5.59. The Hall–Kier alpha value is -1.36. The molecular formula is C11H17N3O2. The summed E-state index contributed by atoms with van der Waals surface area (Å²) in [7, 11) is 0. The Kier molecular flexibility index (Phi) is 3.24. The van der Waals surface area contributed by atoms with Crippen LogP contribution in [-0.4, -0.2) is 28.7 Å². The topological polar surface area (TPSA) is 67.0 Å². The van der Waals surface area contributed by atoms with Crippen molar-refractivity contribution in [1.82, 2.24) is 9.97 Å². The molecule has 0 amide bonds. The van der Waals surface area contributed by atoms with Gasteiger partial charge in [-0.1, -0.05) is 0 Å². The minimum atomic E-state index is -0.116. The molecule has 2 heterocycles. The Morgan fingerprint density at radius 3 is 3.12 bits per heavy atom. The molecule has 0 aliphatic carbocycles. The van der Waals surface area contributed by atoms with Crippen molar-refractivity contribution in [3.05, 3.63) is 22.2 Å². The van der Waals surface area contributed by atoms with E-state index in [-0.39, 0.29) is 11.7 Å². The standard InChI is InChI=1S/C11H17N3O2/c1-7-5-9(3-4-16-7)14-10-6-11(15)13-8(2)12-10/h6-7,9H,3-5H2,1-2H3,(H2,12,13,14,15). The van der Waals surface area contributed by atoms with Crippen molar-refractivity contribution in [1.29, 1.82) is 0 Å². The Morgan fingerprint density at radius 2 is 2.44 bits per heavy atom. The molecule has 16 heavy (non-hydrogen) atoms. The van der Waals surface area contributed by atoms with Gasteiger partial charge < -0.3 is 15.0 Å². The number of nitrogens with zero attached hydrogens (tertiary/aromatic N) is 1. The smallest absolute Gasteiger partial charge is 0.252 e. The molecule has 1 aliphatic heterocycles. The third-order valence-electron chi connectivity index (χ3n) is 2.70. The van der Waals surface area contributed by atoms with E-state index in [0.29, 0.717) is 17.7 Å².